The second-order valence-corrected chi connectivity index (χ2v) is 7.59. The zero-order valence-corrected chi connectivity index (χ0v) is 14.2. The molecular weight excluding hydrogens is 278 g/mol. The number of amides is 2. The monoisotopic (exact) mass is 311 g/mol. The van der Waals surface area contributed by atoms with Crippen LogP contribution in [0.2, 0.25) is 0 Å². The molecule has 5 nitrogen and oxygen atoms in total. The predicted octanol–water partition coefficient (Wildman–Crippen LogP) is 2.09. The van der Waals surface area contributed by atoms with Crippen molar-refractivity contribution < 1.29 is 9.90 Å². The maximum absolute atomic E-state index is 11.7. The lowest BCUT2D eigenvalue weighted by Gasteiger charge is -2.42. The second kappa shape index (κ2) is 7.64. The summed E-state index contributed by atoms with van der Waals surface area (Å²) in [6.45, 7) is 3.69. The predicted molar refractivity (Wildman–Crippen MR) is 88.5 cm³/mol. The minimum atomic E-state index is -0.473. The molecule has 0 aromatic carbocycles. The number of aliphatic hydroxyl groups is 1. The number of hydrogen-bond acceptors (Lipinski definition) is 3. The molecule has 5 heteroatoms. The zero-order valence-electron chi connectivity index (χ0n) is 14.2. The first-order valence-corrected chi connectivity index (χ1v) is 8.86. The van der Waals surface area contributed by atoms with E-state index in [1.54, 1.807) is 0 Å². The number of carbonyl (C=O) groups is 1. The average Bonchev–Trinajstić information content (AvgIpc) is 2.48. The third kappa shape index (κ3) is 4.59. The molecule has 1 aliphatic heterocycles. The topological polar surface area (TPSA) is 78.6 Å². The van der Waals surface area contributed by atoms with Crippen molar-refractivity contribution in [2.75, 3.05) is 20.1 Å². The van der Waals surface area contributed by atoms with Gasteiger partial charge in [-0.1, -0.05) is 0 Å². The van der Waals surface area contributed by atoms with Crippen LogP contribution in [0.15, 0.2) is 0 Å². The highest BCUT2D eigenvalue weighted by atomic mass is 16.3. The van der Waals surface area contributed by atoms with E-state index in [0.717, 1.165) is 58.0 Å². The van der Waals surface area contributed by atoms with Crippen LogP contribution in [0.5, 0.6) is 0 Å². The first-order valence-electron chi connectivity index (χ1n) is 8.86. The molecular formula is C17H33N3O2. The molecule has 22 heavy (non-hydrogen) atoms. The van der Waals surface area contributed by atoms with Gasteiger partial charge in [-0.3, -0.25) is 0 Å². The number of piperidine rings is 1. The molecule has 128 valence electrons. The van der Waals surface area contributed by atoms with Gasteiger partial charge in [-0.25, -0.2) is 4.79 Å². The highest BCUT2D eigenvalue weighted by Gasteiger charge is 2.35. The SMILES string of the molecule is CNCC(CC1CCC(C)(O)CC1)C1CCCCN1C(N)=O. The van der Waals surface area contributed by atoms with E-state index in [9.17, 15) is 9.90 Å². The van der Waals surface area contributed by atoms with Crippen molar-refractivity contribution in [2.45, 2.75) is 69.9 Å². The van der Waals surface area contributed by atoms with E-state index in [2.05, 4.69) is 5.32 Å². The molecule has 2 unspecified atom stereocenters. The highest BCUT2D eigenvalue weighted by molar-refractivity contribution is 5.72. The van der Waals surface area contributed by atoms with Crippen molar-refractivity contribution in [2.24, 2.45) is 17.6 Å². The molecule has 2 rings (SSSR count). The quantitative estimate of drug-likeness (QED) is 0.727. The van der Waals surface area contributed by atoms with Gasteiger partial charge in [0.1, 0.15) is 0 Å². The summed E-state index contributed by atoms with van der Waals surface area (Å²) < 4.78 is 0. The van der Waals surface area contributed by atoms with Crippen LogP contribution in [0.3, 0.4) is 0 Å². The Morgan fingerprint density at radius 3 is 2.64 bits per heavy atom. The Balaban J connectivity index is 1.98. The maximum Gasteiger partial charge on any atom is 0.315 e. The fourth-order valence-electron chi connectivity index (χ4n) is 4.32. The fourth-order valence-corrected chi connectivity index (χ4v) is 4.32. The zero-order chi connectivity index (χ0) is 16.2. The van der Waals surface area contributed by atoms with E-state index in [1.807, 2.05) is 18.9 Å². The van der Waals surface area contributed by atoms with E-state index >= 15 is 0 Å². The summed E-state index contributed by atoms with van der Waals surface area (Å²) in [6.07, 6.45) is 8.44. The van der Waals surface area contributed by atoms with Gasteiger partial charge in [0, 0.05) is 12.6 Å². The highest BCUT2D eigenvalue weighted by Crippen LogP contribution is 2.37. The number of nitrogens with two attached hydrogens (primary N) is 1. The third-order valence-electron chi connectivity index (χ3n) is 5.66. The van der Waals surface area contributed by atoms with Gasteiger partial charge in [0.2, 0.25) is 0 Å². The summed E-state index contributed by atoms with van der Waals surface area (Å²) in [7, 11) is 1.98. The van der Waals surface area contributed by atoms with Crippen LogP contribution in [0.1, 0.15) is 58.3 Å². The first-order chi connectivity index (χ1) is 10.4. The number of nitrogens with one attached hydrogen (secondary N) is 1. The van der Waals surface area contributed by atoms with Crippen molar-refractivity contribution in [1.82, 2.24) is 10.2 Å². The van der Waals surface area contributed by atoms with E-state index in [4.69, 9.17) is 5.73 Å². The third-order valence-corrected chi connectivity index (χ3v) is 5.66. The first kappa shape index (κ1) is 17.5. The van der Waals surface area contributed by atoms with Gasteiger partial charge >= 0.3 is 6.03 Å². The van der Waals surface area contributed by atoms with E-state index < -0.39 is 5.60 Å². The number of urea groups is 1. The number of primary amides is 1. The van der Waals surface area contributed by atoms with Gasteiger partial charge in [-0.05, 0) is 83.7 Å². The maximum atomic E-state index is 11.7. The lowest BCUT2D eigenvalue weighted by Crippen LogP contribution is -2.52. The van der Waals surface area contributed by atoms with Crippen molar-refractivity contribution >= 4 is 6.03 Å². The summed E-state index contributed by atoms with van der Waals surface area (Å²) in [5.74, 6) is 1.13. The summed E-state index contributed by atoms with van der Waals surface area (Å²) in [5.41, 5.74) is 5.12. The number of likely N-dealkylation sites (tertiary alicyclic amines) is 1. The standard InChI is InChI=1S/C17H33N3O2/c1-17(22)8-6-13(7-9-17)11-14(12-19-2)15-5-3-4-10-20(15)16(18)21/h13-15,19,22H,3-12H2,1-2H3,(H2,18,21). The second-order valence-electron chi connectivity index (χ2n) is 7.59. The number of hydrogen-bond donors (Lipinski definition) is 3. The molecule has 4 N–H and O–H groups in total. The molecule has 0 aromatic rings. The minimum Gasteiger partial charge on any atom is -0.390 e. The Labute approximate surface area is 134 Å². The molecule has 1 aliphatic carbocycles. The summed E-state index contributed by atoms with van der Waals surface area (Å²) in [5, 5.41) is 13.4. The molecule has 1 saturated heterocycles. The van der Waals surface area contributed by atoms with Gasteiger partial charge in [0.05, 0.1) is 5.60 Å². The van der Waals surface area contributed by atoms with Crippen LogP contribution in [0.4, 0.5) is 4.79 Å². The van der Waals surface area contributed by atoms with Gasteiger partial charge in [-0.15, -0.1) is 0 Å². The van der Waals surface area contributed by atoms with Gasteiger partial charge in [0.15, 0.2) is 0 Å². The molecule has 2 aliphatic rings. The van der Waals surface area contributed by atoms with Crippen LogP contribution >= 0.6 is 0 Å². The van der Waals surface area contributed by atoms with Crippen LogP contribution in [0, 0.1) is 11.8 Å². The molecule has 0 aromatic heterocycles. The minimum absolute atomic E-state index is 0.266. The lowest BCUT2D eigenvalue weighted by molar-refractivity contribution is 0.00190. The van der Waals surface area contributed by atoms with E-state index in [0.29, 0.717) is 11.8 Å². The Bertz CT molecular complexity index is 363. The molecule has 2 amide bonds. The summed E-state index contributed by atoms with van der Waals surface area (Å²) in [6, 6.07) is 0.0125. The summed E-state index contributed by atoms with van der Waals surface area (Å²) >= 11 is 0. The average molecular weight is 311 g/mol. The fraction of sp³-hybridized carbons (Fsp3) is 0.941. The van der Waals surface area contributed by atoms with Gasteiger partial charge in [-0.2, -0.15) is 0 Å². The van der Waals surface area contributed by atoms with Gasteiger partial charge in [0.25, 0.3) is 0 Å². The number of nitrogens with zero attached hydrogens (tertiary/aromatic N) is 1. The van der Waals surface area contributed by atoms with Crippen molar-refractivity contribution in [3.8, 4) is 0 Å². The lowest BCUT2D eigenvalue weighted by atomic mass is 9.74. The Hall–Kier alpha value is -0.810. The van der Waals surface area contributed by atoms with Crippen molar-refractivity contribution in [3.63, 3.8) is 0 Å². The molecule has 0 bridgehead atoms. The Kier molecular flexibility index (Phi) is 6.09. The molecule has 2 atom stereocenters. The number of rotatable bonds is 5. The molecule has 1 heterocycles. The number of carbonyl (C=O) groups excluding carboxylic acids is 1. The normalized spacial score (nSPS) is 34.4. The Morgan fingerprint density at radius 1 is 1.36 bits per heavy atom. The van der Waals surface area contributed by atoms with Gasteiger partial charge < -0.3 is 21.1 Å². The van der Waals surface area contributed by atoms with Crippen LogP contribution in [-0.2, 0) is 0 Å². The largest absolute Gasteiger partial charge is 0.390 e. The van der Waals surface area contributed by atoms with Crippen LogP contribution in [-0.4, -0.2) is 47.8 Å². The van der Waals surface area contributed by atoms with E-state index in [1.165, 1.54) is 6.42 Å². The smallest absolute Gasteiger partial charge is 0.315 e. The summed E-state index contributed by atoms with van der Waals surface area (Å²) in [4.78, 5) is 13.6. The van der Waals surface area contributed by atoms with Crippen molar-refractivity contribution in [1.29, 1.82) is 0 Å². The van der Waals surface area contributed by atoms with E-state index in [-0.39, 0.29) is 12.1 Å². The molecule has 2 fully saturated rings. The van der Waals surface area contributed by atoms with Crippen molar-refractivity contribution in [3.05, 3.63) is 0 Å². The van der Waals surface area contributed by atoms with Crippen LogP contribution in [0.25, 0.3) is 0 Å². The molecule has 1 saturated carbocycles. The molecule has 0 radical (unpaired) electrons. The Morgan fingerprint density at radius 2 is 2.05 bits per heavy atom. The van der Waals surface area contributed by atoms with Crippen LogP contribution < -0.4 is 11.1 Å². The molecule has 0 spiro atoms.